The van der Waals surface area contributed by atoms with Gasteiger partial charge < -0.3 is 9.15 Å². The van der Waals surface area contributed by atoms with E-state index in [1.807, 2.05) is 6.07 Å². The van der Waals surface area contributed by atoms with Crippen LogP contribution in [-0.4, -0.2) is 22.7 Å². The Bertz CT molecular complexity index is 833. The molecule has 2 heterocycles. The molecule has 0 radical (unpaired) electrons. The monoisotopic (exact) mass is 383 g/mol. The number of carbonyl (C=O) groups is 1. The first-order chi connectivity index (χ1) is 11.6. The molecule has 0 saturated heterocycles. The minimum Gasteiger partial charge on any atom is -0.484 e. The summed E-state index contributed by atoms with van der Waals surface area (Å²) in [6.45, 7) is -0.181. The molecule has 0 unspecified atom stereocenters. The van der Waals surface area contributed by atoms with E-state index in [-0.39, 0.29) is 12.6 Å². The molecule has 0 fully saturated rings. The number of rotatable bonds is 6. The molecule has 2 aromatic heterocycles. The molecule has 24 heavy (non-hydrogen) atoms. The van der Waals surface area contributed by atoms with Gasteiger partial charge in [-0.25, -0.2) is 0 Å². The van der Waals surface area contributed by atoms with Crippen molar-refractivity contribution in [3.8, 4) is 5.75 Å². The van der Waals surface area contributed by atoms with Crippen LogP contribution in [0.15, 0.2) is 40.8 Å². The van der Waals surface area contributed by atoms with E-state index in [4.69, 9.17) is 32.4 Å². The Hall–Kier alpha value is -2.09. The highest BCUT2D eigenvalue weighted by molar-refractivity contribution is 7.16. The Morgan fingerprint density at radius 3 is 2.67 bits per heavy atom. The minimum absolute atomic E-state index is 0.0253. The number of hydrogen-bond donors (Lipinski definition) is 1. The second-order valence-corrected chi connectivity index (χ2v) is 6.91. The lowest BCUT2D eigenvalue weighted by Gasteiger charge is -2.04. The average Bonchev–Trinajstić information content (AvgIpc) is 3.16. The molecule has 0 atom stereocenters. The highest BCUT2D eigenvalue weighted by atomic mass is 35.5. The molecule has 3 aromatic rings. The lowest BCUT2D eigenvalue weighted by molar-refractivity contribution is -0.118. The van der Waals surface area contributed by atoms with Gasteiger partial charge in [-0.3, -0.25) is 10.1 Å². The van der Waals surface area contributed by atoms with Crippen molar-refractivity contribution < 1.29 is 13.9 Å². The summed E-state index contributed by atoms with van der Waals surface area (Å²) in [4.78, 5) is 12.8. The van der Waals surface area contributed by atoms with Crippen LogP contribution in [0, 0.1) is 0 Å². The Morgan fingerprint density at radius 1 is 1.17 bits per heavy atom. The van der Waals surface area contributed by atoms with Crippen LogP contribution in [0.3, 0.4) is 0 Å². The van der Waals surface area contributed by atoms with Gasteiger partial charge in [-0.1, -0.05) is 28.3 Å². The van der Waals surface area contributed by atoms with Crippen molar-refractivity contribution in [2.24, 2.45) is 0 Å². The number of hydrogen-bond acceptors (Lipinski definition) is 6. The molecular weight excluding hydrogens is 373 g/mol. The highest BCUT2D eigenvalue weighted by Gasteiger charge is 2.12. The molecule has 9 heteroatoms. The van der Waals surface area contributed by atoms with Crippen LogP contribution >= 0.6 is 34.5 Å². The number of amides is 1. The first-order valence-corrected chi connectivity index (χ1v) is 8.40. The first kappa shape index (κ1) is 16.8. The molecule has 3 rings (SSSR count). The zero-order valence-corrected chi connectivity index (χ0v) is 14.5. The summed E-state index contributed by atoms with van der Waals surface area (Å²) >= 11 is 13.1. The summed E-state index contributed by atoms with van der Waals surface area (Å²) in [5, 5.41) is 10.7. The normalized spacial score (nSPS) is 10.6. The largest absolute Gasteiger partial charge is 0.484 e. The van der Waals surface area contributed by atoms with Crippen LogP contribution in [0.25, 0.3) is 0 Å². The Kier molecular flexibility index (Phi) is 5.34. The summed E-state index contributed by atoms with van der Waals surface area (Å²) in [7, 11) is 0. The number of anilines is 1. The fourth-order valence-corrected chi connectivity index (χ4v) is 3.01. The molecule has 0 aliphatic rings. The van der Waals surface area contributed by atoms with Crippen LogP contribution in [0.5, 0.6) is 5.75 Å². The topological polar surface area (TPSA) is 77.2 Å². The molecular formula is C15H11Cl2N3O3S. The third-order valence-electron chi connectivity index (χ3n) is 2.85. The minimum atomic E-state index is -0.403. The van der Waals surface area contributed by atoms with E-state index in [0.717, 1.165) is 4.88 Å². The summed E-state index contributed by atoms with van der Waals surface area (Å²) < 4.78 is 11.4. The molecule has 6 nitrogen and oxygen atoms in total. The van der Waals surface area contributed by atoms with Crippen molar-refractivity contribution in [1.82, 2.24) is 10.2 Å². The van der Waals surface area contributed by atoms with Gasteiger partial charge in [0.15, 0.2) is 6.61 Å². The van der Waals surface area contributed by atoms with Crippen LogP contribution in [0.1, 0.15) is 10.8 Å². The Balaban J connectivity index is 1.50. The Labute approximate surface area is 151 Å². The standard InChI is InChI=1S/C15H11Cl2N3O3S/c16-9-1-3-10(4-2-9)22-8-13(21)18-15-20-19-14(23-15)7-11-5-6-12(17)24-11/h1-6H,7-8H2,(H,18,20,21). The van der Waals surface area contributed by atoms with Gasteiger partial charge in [0, 0.05) is 9.90 Å². The number of carbonyl (C=O) groups excluding carboxylic acids is 1. The molecule has 1 N–H and O–H groups in total. The number of halogens is 2. The van der Waals surface area contributed by atoms with E-state index >= 15 is 0 Å². The van der Waals surface area contributed by atoms with Gasteiger partial charge in [-0.05, 0) is 36.4 Å². The van der Waals surface area contributed by atoms with E-state index in [1.54, 1.807) is 30.3 Å². The fraction of sp³-hybridized carbons (Fsp3) is 0.133. The van der Waals surface area contributed by atoms with Crippen molar-refractivity contribution in [3.05, 3.63) is 56.5 Å². The smallest absolute Gasteiger partial charge is 0.322 e. The van der Waals surface area contributed by atoms with E-state index in [1.165, 1.54) is 11.3 Å². The fourth-order valence-electron chi connectivity index (χ4n) is 1.81. The summed E-state index contributed by atoms with van der Waals surface area (Å²) in [6.07, 6.45) is 0.460. The predicted octanol–water partition coefficient (Wildman–Crippen LogP) is 4.05. The number of ether oxygens (including phenoxy) is 1. The summed E-state index contributed by atoms with van der Waals surface area (Å²) in [5.74, 6) is 0.525. The Morgan fingerprint density at radius 2 is 1.96 bits per heavy atom. The molecule has 124 valence electrons. The quantitative estimate of drug-likeness (QED) is 0.694. The maximum absolute atomic E-state index is 11.8. The van der Waals surface area contributed by atoms with Crippen LogP contribution in [-0.2, 0) is 11.2 Å². The van der Waals surface area contributed by atoms with E-state index in [2.05, 4.69) is 15.5 Å². The van der Waals surface area contributed by atoms with E-state index in [9.17, 15) is 4.79 Å². The molecule has 0 aliphatic heterocycles. The van der Waals surface area contributed by atoms with Gasteiger partial charge in [-0.15, -0.1) is 16.4 Å². The second kappa shape index (κ2) is 7.65. The lowest BCUT2D eigenvalue weighted by atomic mass is 10.3. The van der Waals surface area contributed by atoms with Gasteiger partial charge in [-0.2, -0.15) is 0 Å². The van der Waals surface area contributed by atoms with E-state index in [0.29, 0.717) is 27.4 Å². The number of aromatic nitrogens is 2. The molecule has 1 aromatic carbocycles. The van der Waals surface area contributed by atoms with Gasteiger partial charge in [0.25, 0.3) is 5.91 Å². The molecule has 0 bridgehead atoms. The van der Waals surface area contributed by atoms with Crippen molar-refractivity contribution in [2.45, 2.75) is 6.42 Å². The average molecular weight is 384 g/mol. The maximum Gasteiger partial charge on any atom is 0.322 e. The lowest BCUT2D eigenvalue weighted by Crippen LogP contribution is -2.20. The molecule has 1 amide bonds. The van der Waals surface area contributed by atoms with Gasteiger partial charge in [0.2, 0.25) is 5.89 Å². The number of thiophene rings is 1. The van der Waals surface area contributed by atoms with E-state index < -0.39 is 5.91 Å². The first-order valence-electron chi connectivity index (χ1n) is 6.83. The van der Waals surface area contributed by atoms with Crippen LogP contribution in [0.4, 0.5) is 6.01 Å². The van der Waals surface area contributed by atoms with Crippen molar-refractivity contribution in [2.75, 3.05) is 11.9 Å². The third-order valence-corrected chi connectivity index (χ3v) is 4.33. The van der Waals surface area contributed by atoms with Crippen LogP contribution < -0.4 is 10.1 Å². The van der Waals surface area contributed by atoms with Crippen molar-refractivity contribution in [1.29, 1.82) is 0 Å². The second-order valence-electron chi connectivity index (χ2n) is 4.67. The predicted molar refractivity (Wildman–Crippen MR) is 92.0 cm³/mol. The summed E-state index contributed by atoms with van der Waals surface area (Å²) in [6, 6.07) is 10.4. The van der Waals surface area contributed by atoms with Gasteiger partial charge in [0.05, 0.1) is 10.8 Å². The van der Waals surface area contributed by atoms with Crippen molar-refractivity contribution in [3.63, 3.8) is 0 Å². The number of benzene rings is 1. The zero-order valence-electron chi connectivity index (χ0n) is 12.2. The highest BCUT2D eigenvalue weighted by Crippen LogP contribution is 2.23. The van der Waals surface area contributed by atoms with Gasteiger partial charge in [0.1, 0.15) is 5.75 Å². The molecule has 0 aliphatic carbocycles. The van der Waals surface area contributed by atoms with Crippen molar-refractivity contribution >= 4 is 46.5 Å². The van der Waals surface area contributed by atoms with Gasteiger partial charge >= 0.3 is 6.01 Å². The molecule has 0 saturated carbocycles. The number of nitrogens with zero attached hydrogens (tertiary/aromatic N) is 2. The zero-order chi connectivity index (χ0) is 16.9. The molecule has 0 spiro atoms. The SMILES string of the molecule is O=C(COc1ccc(Cl)cc1)Nc1nnc(Cc2ccc(Cl)s2)o1. The van der Waals surface area contributed by atoms with Crippen LogP contribution in [0.2, 0.25) is 9.36 Å². The third kappa shape index (κ3) is 4.70. The maximum atomic E-state index is 11.8. The number of nitrogens with one attached hydrogen (secondary N) is 1. The summed E-state index contributed by atoms with van der Waals surface area (Å²) in [5.41, 5.74) is 0.